The van der Waals surface area contributed by atoms with E-state index in [9.17, 15) is 25.0 Å². The van der Waals surface area contributed by atoms with Crippen molar-refractivity contribution in [3.63, 3.8) is 0 Å². The highest BCUT2D eigenvalue weighted by molar-refractivity contribution is 5.91. The molecule has 0 aliphatic rings. The first-order valence-corrected chi connectivity index (χ1v) is 6.09. The molecule has 1 N–H and O–H groups in total. The number of carbonyl (C=O) groups is 1. The number of anilines is 1. The number of hydrogen-bond acceptors (Lipinski definition) is 6. The molecule has 0 unspecified atom stereocenters. The molecule has 0 saturated heterocycles. The summed E-state index contributed by atoms with van der Waals surface area (Å²) < 4.78 is 1.11. The van der Waals surface area contributed by atoms with Gasteiger partial charge >= 0.3 is 5.82 Å². The van der Waals surface area contributed by atoms with Crippen LogP contribution < -0.4 is 5.32 Å². The molecular weight excluding hydrogens is 294 g/mol. The molecule has 114 valence electrons. The van der Waals surface area contributed by atoms with Crippen molar-refractivity contribution in [2.75, 3.05) is 5.32 Å². The van der Waals surface area contributed by atoms with Gasteiger partial charge in [0.05, 0.1) is 28.0 Å². The van der Waals surface area contributed by atoms with Gasteiger partial charge in [0, 0.05) is 12.1 Å². The van der Waals surface area contributed by atoms with Crippen LogP contribution in [0, 0.1) is 27.2 Å². The van der Waals surface area contributed by atoms with E-state index < -0.39 is 15.8 Å². The number of aromatic nitrogens is 2. The number of nitrogens with zero attached hydrogens (tertiary/aromatic N) is 4. The van der Waals surface area contributed by atoms with Crippen molar-refractivity contribution in [3.8, 4) is 0 Å². The Morgan fingerprint density at radius 1 is 1.27 bits per heavy atom. The maximum atomic E-state index is 11.9. The Kier molecular flexibility index (Phi) is 4.11. The second-order valence-corrected chi connectivity index (χ2v) is 4.43. The molecule has 2 aromatic rings. The second kappa shape index (κ2) is 5.99. The van der Waals surface area contributed by atoms with E-state index >= 15 is 0 Å². The molecule has 0 aliphatic carbocycles. The maximum absolute atomic E-state index is 11.9. The summed E-state index contributed by atoms with van der Waals surface area (Å²) in [5, 5.41) is 27.4. The van der Waals surface area contributed by atoms with Gasteiger partial charge in [-0.3, -0.25) is 14.9 Å². The van der Waals surface area contributed by atoms with Gasteiger partial charge in [-0.05, 0) is 17.4 Å². The highest BCUT2D eigenvalue weighted by Crippen LogP contribution is 2.21. The maximum Gasteiger partial charge on any atom is 0.389 e. The smallest absolute Gasteiger partial charge is 0.358 e. The summed E-state index contributed by atoms with van der Waals surface area (Å²) in [6.45, 7) is 1.45. The number of non-ortho nitro benzene ring substituents is 1. The number of aryl methyl sites for hydroxylation is 1. The molecular formula is C12H11N5O5. The van der Waals surface area contributed by atoms with Gasteiger partial charge in [-0.15, -0.1) is 0 Å². The third-order valence-corrected chi connectivity index (χ3v) is 2.83. The van der Waals surface area contributed by atoms with Crippen LogP contribution in [0.15, 0.2) is 30.5 Å². The van der Waals surface area contributed by atoms with Gasteiger partial charge in [0.25, 0.3) is 5.69 Å². The highest BCUT2D eigenvalue weighted by Gasteiger charge is 2.15. The molecule has 10 nitrogen and oxygen atoms in total. The summed E-state index contributed by atoms with van der Waals surface area (Å²) in [4.78, 5) is 31.9. The third kappa shape index (κ3) is 3.42. The van der Waals surface area contributed by atoms with Crippen molar-refractivity contribution in [1.29, 1.82) is 0 Å². The minimum absolute atomic E-state index is 0.143. The van der Waals surface area contributed by atoms with Crippen LogP contribution in [0.5, 0.6) is 0 Å². The molecule has 0 aliphatic heterocycles. The Bertz CT molecular complexity index is 754. The van der Waals surface area contributed by atoms with Crippen LogP contribution >= 0.6 is 0 Å². The lowest BCUT2D eigenvalue weighted by molar-refractivity contribution is -0.389. The van der Waals surface area contributed by atoms with Crippen molar-refractivity contribution in [1.82, 2.24) is 9.78 Å². The Morgan fingerprint density at radius 2 is 2.00 bits per heavy atom. The van der Waals surface area contributed by atoms with E-state index in [2.05, 4.69) is 10.4 Å². The lowest BCUT2D eigenvalue weighted by atomic mass is 10.2. The van der Waals surface area contributed by atoms with E-state index in [1.165, 1.54) is 30.5 Å². The first kappa shape index (κ1) is 15.1. The molecule has 0 spiro atoms. The first-order chi connectivity index (χ1) is 10.4. The fourth-order valence-electron chi connectivity index (χ4n) is 1.73. The minimum Gasteiger partial charge on any atom is -0.358 e. The van der Waals surface area contributed by atoms with Crippen LogP contribution in [-0.2, 0) is 11.3 Å². The van der Waals surface area contributed by atoms with E-state index in [-0.39, 0.29) is 18.1 Å². The van der Waals surface area contributed by atoms with Crippen LogP contribution in [0.3, 0.4) is 0 Å². The van der Waals surface area contributed by atoms with Crippen molar-refractivity contribution < 1.29 is 14.6 Å². The summed E-state index contributed by atoms with van der Waals surface area (Å²) in [5.74, 6) is -0.860. The second-order valence-electron chi connectivity index (χ2n) is 4.43. The zero-order chi connectivity index (χ0) is 16.3. The van der Waals surface area contributed by atoms with Crippen molar-refractivity contribution in [3.05, 3.63) is 56.3 Å². The van der Waals surface area contributed by atoms with E-state index in [0.717, 1.165) is 4.68 Å². The number of nitrogens with one attached hydrogen (secondary N) is 1. The molecule has 1 amide bonds. The Labute approximate surface area is 123 Å². The molecule has 1 aromatic carbocycles. The van der Waals surface area contributed by atoms with Gasteiger partial charge in [0.15, 0.2) is 0 Å². The van der Waals surface area contributed by atoms with Crippen molar-refractivity contribution in [2.45, 2.75) is 13.5 Å². The molecule has 0 atom stereocenters. The molecule has 0 fully saturated rings. The van der Waals surface area contributed by atoms with Gasteiger partial charge in [-0.2, -0.15) is 4.68 Å². The van der Waals surface area contributed by atoms with Gasteiger partial charge < -0.3 is 15.4 Å². The SMILES string of the molecule is Cc1ccc([N+](=O)[O-])cc1NC(=O)Cn1ccc([N+](=O)[O-])n1. The van der Waals surface area contributed by atoms with Crippen LogP contribution in [-0.4, -0.2) is 25.5 Å². The lowest BCUT2D eigenvalue weighted by Crippen LogP contribution is -2.19. The average molecular weight is 305 g/mol. The van der Waals surface area contributed by atoms with Gasteiger partial charge in [-0.25, -0.2) is 0 Å². The highest BCUT2D eigenvalue weighted by atomic mass is 16.6. The topological polar surface area (TPSA) is 133 Å². The van der Waals surface area contributed by atoms with E-state index in [0.29, 0.717) is 11.3 Å². The molecule has 2 rings (SSSR count). The molecule has 0 radical (unpaired) electrons. The molecule has 1 aromatic heterocycles. The summed E-state index contributed by atoms with van der Waals surface area (Å²) in [6, 6.07) is 5.28. The Morgan fingerprint density at radius 3 is 2.59 bits per heavy atom. The van der Waals surface area contributed by atoms with Crippen LogP contribution in [0.4, 0.5) is 17.2 Å². The van der Waals surface area contributed by atoms with Crippen LogP contribution in [0.2, 0.25) is 0 Å². The largest absolute Gasteiger partial charge is 0.389 e. The van der Waals surface area contributed by atoms with E-state index in [4.69, 9.17) is 0 Å². The van der Waals surface area contributed by atoms with E-state index in [1.807, 2.05) is 0 Å². The molecule has 22 heavy (non-hydrogen) atoms. The normalized spacial score (nSPS) is 10.2. The summed E-state index contributed by atoms with van der Waals surface area (Å²) in [5.41, 5.74) is 0.821. The third-order valence-electron chi connectivity index (χ3n) is 2.83. The first-order valence-electron chi connectivity index (χ1n) is 6.09. The van der Waals surface area contributed by atoms with Crippen molar-refractivity contribution in [2.24, 2.45) is 0 Å². The summed E-state index contributed by atoms with van der Waals surface area (Å²) >= 11 is 0. The van der Waals surface area contributed by atoms with Gasteiger partial charge in [0.2, 0.25) is 5.91 Å². The number of nitro groups is 2. The number of hydrogen-bond donors (Lipinski definition) is 1. The summed E-state index contributed by atoms with van der Waals surface area (Å²) in [6.07, 6.45) is 1.30. The zero-order valence-corrected chi connectivity index (χ0v) is 11.4. The molecule has 10 heteroatoms. The standard InChI is InChI=1S/C12H11N5O5/c1-8-2-3-9(16(19)20)6-10(8)13-12(18)7-15-5-4-11(14-15)17(21)22/h2-6H,7H2,1H3,(H,13,18). The Hall–Kier alpha value is -3.30. The zero-order valence-electron chi connectivity index (χ0n) is 11.4. The molecule has 0 saturated carbocycles. The fourth-order valence-corrected chi connectivity index (χ4v) is 1.73. The predicted octanol–water partition coefficient (Wildman–Crippen LogP) is 1.65. The lowest BCUT2D eigenvalue weighted by Gasteiger charge is -2.07. The monoisotopic (exact) mass is 305 g/mol. The van der Waals surface area contributed by atoms with Gasteiger partial charge in [-0.1, -0.05) is 6.07 Å². The molecule has 0 bridgehead atoms. The van der Waals surface area contributed by atoms with Crippen molar-refractivity contribution >= 4 is 23.1 Å². The van der Waals surface area contributed by atoms with Gasteiger partial charge in [0.1, 0.15) is 6.54 Å². The summed E-state index contributed by atoms with van der Waals surface area (Å²) in [7, 11) is 0. The number of amides is 1. The van der Waals surface area contributed by atoms with Crippen LogP contribution in [0.1, 0.15) is 5.56 Å². The Balaban J connectivity index is 2.09. The number of carbonyl (C=O) groups excluding carboxylic acids is 1. The minimum atomic E-state index is -0.668. The molecule has 1 heterocycles. The number of benzene rings is 1. The van der Waals surface area contributed by atoms with Crippen LogP contribution in [0.25, 0.3) is 0 Å². The predicted molar refractivity (Wildman–Crippen MR) is 75.3 cm³/mol. The number of rotatable bonds is 5. The fraction of sp³-hybridized carbons (Fsp3) is 0.167. The van der Waals surface area contributed by atoms with E-state index in [1.54, 1.807) is 6.92 Å². The quantitative estimate of drug-likeness (QED) is 0.659. The average Bonchev–Trinajstić information content (AvgIpc) is 2.89. The number of nitro benzene ring substituents is 1.